The molecule has 0 saturated heterocycles. The molecule has 0 amide bonds. The zero-order valence-electron chi connectivity index (χ0n) is 13.5. The molecule has 0 aliphatic carbocycles. The average Bonchev–Trinajstić information content (AvgIpc) is 2.56. The van der Waals surface area contributed by atoms with Crippen LogP contribution in [-0.4, -0.2) is 13.2 Å². The van der Waals surface area contributed by atoms with Gasteiger partial charge in [0, 0.05) is 0 Å². The SMILES string of the molecule is CCOc1cc(/C=C(/C#N)c2cccc(F)c2)cc(Br)c1OCC. The van der Waals surface area contributed by atoms with E-state index in [1.54, 1.807) is 24.3 Å². The molecule has 124 valence electrons. The van der Waals surface area contributed by atoms with Crippen molar-refractivity contribution in [3.63, 3.8) is 0 Å². The molecule has 0 unspecified atom stereocenters. The smallest absolute Gasteiger partial charge is 0.175 e. The van der Waals surface area contributed by atoms with Gasteiger partial charge in [-0.25, -0.2) is 4.39 Å². The Morgan fingerprint density at radius 1 is 1.21 bits per heavy atom. The summed E-state index contributed by atoms with van der Waals surface area (Å²) >= 11 is 3.47. The standard InChI is InChI=1S/C19H17BrFNO2/c1-3-23-18-10-13(9-17(20)19(18)24-4-2)8-15(12-22)14-6-5-7-16(21)11-14/h5-11H,3-4H2,1-2H3/b15-8-. The minimum Gasteiger partial charge on any atom is -0.490 e. The van der Waals surface area contributed by atoms with Gasteiger partial charge in [-0.15, -0.1) is 0 Å². The summed E-state index contributed by atoms with van der Waals surface area (Å²) in [5, 5.41) is 9.40. The first kappa shape index (κ1) is 18.0. The Labute approximate surface area is 149 Å². The van der Waals surface area contributed by atoms with Gasteiger partial charge in [0.05, 0.1) is 29.3 Å². The molecule has 0 aromatic heterocycles. The minimum atomic E-state index is -0.378. The number of rotatable bonds is 6. The number of nitrogens with zero attached hydrogens (tertiary/aromatic N) is 1. The van der Waals surface area contributed by atoms with E-state index in [1.165, 1.54) is 12.1 Å². The highest BCUT2D eigenvalue weighted by molar-refractivity contribution is 9.10. The van der Waals surface area contributed by atoms with Crippen molar-refractivity contribution in [3.8, 4) is 17.6 Å². The number of hydrogen-bond acceptors (Lipinski definition) is 3. The van der Waals surface area contributed by atoms with E-state index in [2.05, 4.69) is 22.0 Å². The van der Waals surface area contributed by atoms with Crippen molar-refractivity contribution < 1.29 is 13.9 Å². The van der Waals surface area contributed by atoms with Gasteiger partial charge >= 0.3 is 0 Å². The van der Waals surface area contributed by atoms with Crippen molar-refractivity contribution >= 4 is 27.6 Å². The highest BCUT2D eigenvalue weighted by Gasteiger charge is 2.12. The lowest BCUT2D eigenvalue weighted by Crippen LogP contribution is -1.99. The fourth-order valence-corrected chi connectivity index (χ4v) is 2.80. The molecule has 0 fully saturated rings. The van der Waals surface area contributed by atoms with Crippen LogP contribution in [0.2, 0.25) is 0 Å². The van der Waals surface area contributed by atoms with E-state index in [1.807, 2.05) is 19.9 Å². The number of benzene rings is 2. The van der Waals surface area contributed by atoms with E-state index in [4.69, 9.17) is 9.47 Å². The maximum absolute atomic E-state index is 13.4. The van der Waals surface area contributed by atoms with Crippen LogP contribution in [0, 0.1) is 17.1 Å². The van der Waals surface area contributed by atoms with E-state index < -0.39 is 0 Å². The van der Waals surface area contributed by atoms with Gasteiger partial charge in [0.2, 0.25) is 0 Å². The Morgan fingerprint density at radius 2 is 1.96 bits per heavy atom. The molecular weight excluding hydrogens is 373 g/mol. The third kappa shape index (κ3) is 4.36. The van der Waals surface area contributed by atoms with E-state index in [-0.39, 0.29) is 5.82 Å². The second-order valence-electron chi connectivity index (χ2n) is 4.88. The Bertz CT molecular complexity index is 796. The second-order valence-corrected chi connectivity index (χ2v) is 5.73. The molecule has 0 radical (unpaired) electrons. The number of ether oxygens (including phenoxy) is 2. The zero-order valence-corrected chi connectivity index (χ0v) is 15.1. The lowest BCUT2D eigenvalue weighted by Gasteiger charge is -2.13. The van der Waals surface area contributed by atoms with Crippen LogP contribution in [0.25, 0.3) is 11.6 Å². The normalized spacial score (nSPS) is 11.0. The lowest BCUT2D eigenvalue weighted by atomic mass is 10.0. The van der Waals surface area contributed by atoms with Crippen LogP contribution >= 0.6 is 15.9 Å². The molecule has 3 nitrogen and oxygen atoms in total. The number of hydrogen-bond donors (Lipinski definition) is 0. The zero-order chi connectivity index (χ0) is 17.5. The topological polar surface area (TPSA) is 42.2 Å². The second kappa shape index (κ2) is 8.51. The molecule has 0 aliphatic heterocycles. The van der Waals surface area contributed by atoms with Crippen molar-refractivity contribution in [2.45, 2.75) is 13.8 Å². The van der Waals surface area contributed by atoms with Crippen LogP contribution in [0.1, 0.15) is 25.0 Å². The maximum Gasteiger partial charge on any atom is 0.175 e. The van der Waals surface area contributed by atoms with Crippen LogP contribution in [0.15, 0.2) is 40.9 Å². The highest BCUT2D eigenvalue weighted by Crippen LogP contribution is 2.37. The van der Waals surface area contributed by atoms with Gasteiger partial charge in [-0.1, -0.05) is 12.1 Å². The fraction of sp³-hybridized carbons (Fsp3) is 0.211. The van der Waals surface area contributed by atoms with E-state index in [0.717, 1.165) is 10.0 Å². The van der Waals surface area contributed by atoms with Crippen molar-refractivity contribution in [1.82, 2.24) is 0 Å². The molecule has 2 aromatic carbocycles. The molecule has 0 bridgehead atoms. The first-order valence-electron chi connectivity index (χ1n) is 7.55. The summed E-state index contributed by atoms with van der Waals surface area (Å²) in [7, 11) is 0. The fourth-order valence-electron chi connectivity index (χ4n) is 2.22. The van der Waals surface area contributed by atoms with Crippen LogP contribution in [-0.2, 0) is 0 Å². The molecule has 0 aliphatic rings. The van der Waals surface area contributed by atoms with Crippen molar-refractivity contribution in [2.24, 2.45) is 0 Å². The largest absolute Gasteiger partial charge is 0.490 e. The Kier molecular flexibility index (Phi) is 6.39. The molecule has 0 N–H and O–H groups in total. The van der Waals surface area contributed by atoms with Crippen molar-refractivity contribution in [3.05, 3.63) is 57.8 Å². The third-order valence-corrected chi connectivity index (χ3v) is 3.78. The summed E-state index contributed by atoms with van der Waals surface area (Å²) in [5.41, 5.74) is 1.66. The number of halogens is 2. The predicted octanol–water partition coefficient (Wildman–Crippen LogP) is 5.45. The van der Waals surface area contributed by atoms with E-state index in [9.17, 15) is 9.65 Å². The highest BCUT2D eigenvalue weighted by atomic mass is 79.9. The van der Waals surface area contributed by atoms with Gasteiger partial charge in [0.25, 0.3) is 0 Å². The number of nitriles is 1. The molecule has 0 atom stereocenters. The summed E-state index contributed by atoms with van der Waals surface area (Å²) in [4.78, 5) is 0. The first-order chi connectivity index (χ1) is 11.6. The van der Waals surface area contributed by atoms with E-state index in [0.29, 0.717) is 35.8 Å². The molecule has 2 rings (SSSR count). The van der Waals surface area contributed by atoms with Crippen LogP contribution < -0.4 is 9.47 Å². The summed E-state index contributed by atoms with van der Waals surface area (Å²) in [6.07, 6.45) is 1.69. The van der Waals surface area contributed by atoms with Gasteiger partial charge < -0.3 is 9.47 Å². The Hall–Kier alpha value is -2.32. The first-order valence-corrected chi connectivity index (χ1v) is 8.35. The molecule has 2 aromatic rings. The Morgan fingerprint density at radius 3 is 2.58 bits per heavy atom. The summed E-state index contributed by atoms with van der Waals surface area (Å²) in [5.74, 6) is 0.841. The molecule has 0 saturated carbocycles. The molecule has 24 heavy (non-hydrogen) atoms. The Balaban J connectivity index is 2.49. The maximum atomic E-state index is 13.4. The minimum absolute atomic E-state index is 0.369. The predicted molar refractivity (Wildman–Crippen MR) is 96.4 cm³/mol. The van der Waals surface area contributed by atoms with Crippen LogP contribution in [0.4, 0.5) is 4.39 Å². The molecular formula is C19H17BrFNO2. The van der Waals surface area contributed by atoms with Gasteiger partial charge in [0.15, 0.2) is 11.5 Å². The number of allylic oxidation sites excluding steroid dienone is 1. The van der Waals surface area contributed by atoms with Gasteiger partial charge in [-0.3, -0.25) is 0 Å². The van der Waals surface area contributed by atoms with Gasteiger partial charge in [0.1, 0.15) is 5.82 Å². The van der Waals surface area contributed by atoms with Crippen molar-refractivity contribution in [1.29, 1.82) is 5.26 Å². The summed E-state index contributed by atoms with van der Waals surface area (Å²) < 4.78 is 25.3. The van der Waals surface area contributed by atoms with Gasteiger partial charge in [-0.05, 0) is 71.2 Å². The third-order valence-electron chi connectivity index (χ3n) is 3.19. The van der Waals surface area contributed by atoms with E-state index >= 15 is 0 Å². The monoisotopic (exact) mass is 389 g/mol. The molecule has 0 spiro atoms. The molecule has 0 heterocycles. The average molecular weight is 390 g/mol. The van der Waals surface area contributed by atoms with Crippen LogP contribution in [0.3, 0.4) is 0 Å². The van der Waals surface area contributed by atoms with Crippen LogP contribution in [0.5, 0.6) is 11.5 Å². The summed E-state index contributed by atoms with van der Waals surface area (Å²) in [6.45, 7) is 4.79. The molecule has 5 heteroatoms. The lowest BCUT2D eigenvalue weighted by molar-refractivity contribution is 0.286. The van der Waals surface area contributed by atoms with Gasteiger partial charge in [-0.2, -0.15) is 5.26 Å². The van der Waals surface area contributed by atoms with Crippen molar-refractivity contribution in [2.75, 3.05) is 13.2 Å². The quantitative estimate of drug-likeness (QED) is 0.487. The summed E-state index contributed by atoms with van der Waals surface area (Å²) in [6, 6.07) is 11.7.